The van der Waals surface area contributed by atoms with Crippen LogP contribution in [-0.2, 0) is 20.7 Å². The smallest absolute Gasteiger partial charge is 0.329 e. The van der Waals surface area contributed by atoms with Crippen molar-refractivity contribution >= 4 is 11.9 Å². The minimum atomic E-state index is -2.82. The molecule has 1 fully saturated rings. The van der Waals surface area contributed by atoms with E-state index in [9.17, 15) is 18.4 Å². The number of rotatable bonds is 6. The van der Waals surface area contributed by atoms with E-state index >= 15 is 0 Å². The third-order valence-corrected chi connectivity index (χ3v) is 4.04. The molecule has 1 heterocycles. The van der Waals surface area contributed by atoms with Gasteiger partial charge in [0, 0.05) is 37.1 Å². The molecule has 132 valence electrons. The van der Waals surface area contributed by atoms with Crippen molar-refractivity contribution in [2.45, 2.75) is 51.0 Å². The van der Waals surface area contributed by atoms with Gasteiger partial charge in [0.2, 0.25) is 11.8 Å². The fourth-order valence-electron chi connectivity index (χ4n) is 2.85. The van der Waals surface area contributed by atoms with Crippen LogP contribution in [0.4, 0.5) is 8.78 Å². The molecule has 0 bridgehead atoms. The summed E-state index contributed by atoms with van der Waals surface area (Å²) in [7, 11) is 0. The number of nitrogens with one attached hydrogen (secondary N) is 1. The van der Waals surface area contributed by atoms with Gasteiger partial charge in [0.25, 0.3) is 0 Å². The highest BCUT2D eigenvalue weighted by Gasteiger charge is 2.40. The summed E-state index contributed by atoms with van der Waals surface area (Å²) in [4.78, 5) is 28.5. The third-order valence-electron chi connectivity index (χ3n) is 4.04. The summed E-state index contributed by atoms with van der Waals surface area (Å²) >= 11 is 0. The molecule has 7 heteroatoms. The van der Waals surface area contributed by atoms with Gasteiger partial charge < -0.3 is 10.1 Å². The average molecular weight is 340 g/mol. The molecule has 0 radical (unpaired) electrons. The van der Waals surface area contributed by atoms with Crippen molar-refractivity contribution in [1.29, 1.82) is 0 Å². The molecule has 1 aliphatic rings. The van der Waals surface area contributed by atoms with Crippen LogP contribution < -0.4 is 5.32 Å². The molecule has 1 aromatic rings. The topological polar surface area (TPSA) is 68.3 Å². The molecule has 1 N–H and O–H groups in total. The minimum Gasteiger partial charge on any atom is -0.464 e. The summed E-state index contributed by atoms with van der Waals surface area (Å²) in [6, 6.07) is 4.31. The number of alkyl halides is 2. The Labute approximate surface area is 139 Å². The van der Waals surface area contributed by atoms with Crippen molar-refractivity contribution in [1.82, 2.24) is 10.3 Å². The van der Waals surface area contributed by atoms with Gasteiger partial charge >= 0.3 is 5.97 Å². The van der Waals surface area contributed by atoms with Crippen molar-refractivity contribution < 1.29 is 23.1 Å². The Morgan fingerprint density at radius 1 is 1.46 bits per heavy atom. The number of hydrogen-bond donors (Lipinski definition) is 1. The summed E-state index contributed by atoms with van der Waals surface area (Å²) < 4.78 is 32.0. The highest BCUT2D eigenvalue weighted by molar-refractivity contribution is 5.86. The van der Waals surface area contributed by atoms with Gasteiger partial charge in [-0.3, -0.25) is 9.78 Å². The zero-order chi connectivity index (χ0) is 17.6. The second-order valence-corrected chi connectivity index (χ2v) is 5.99. The summed E-state index contributed by atoms with van der Waals surface area (Å²) in [6.45, 7) is 1.84. The predicted octanol–water partition coefficient (Wildman–Crippen LogP) is 2.50. The molecule has 5 nitrogen and oxygen atoms in total. The maximum Gasteiger partial charge on any atom is 0.329 e. The number of esters is 1. The zero-order valence-corrected chi connectivity index (χ0v) is 13.6. The summed E-state index contributed by atoms with van der Waals surface area (Å²) in [5.74, 6) is -4.71. The van der Waals surface area contributed by atoms with Crippen LogP contribution in [0.25, 0.3) is 0 Å². The number of carbonyl (C=O) groups excluding carboxylic acids is 2. The first-order valence-corrected chi connectivity index (χ1v) is 8.16. The lowest BCUT2D eigenvalue weighted by atomic mass is 9.85. The molecule has 0 aliphatic heterocycles. The first kappa shape index (κ1) is 18.3. The number of hydrogen-bond acceptors (Lipinski definition) is 4. The number of nitrogens with zero attached hydrogens (tertiary/aromatic N) is 1. The molecule has 0 saturated heterocycles. The van der Waals surface area contributed by atoms with E-state index in [0.29, 0.717) is 18.5 Å². The van der Waals surface area contributed by atoms with E-state index in [1.54, 1.807) is 31.3 Å². The second kappa shape index (κ2) is 8.17. The van der Waals surface area contributed by atoms with Gasteiger partial charge in [-0.1, -0.05) is 6.07 Å². The molecule has 0 unspecified atom stereocenters. The number of carbonyl (C=O) groups is 2. The fourth-order valence-corrected chi connectivity index (χ4v) is 2.85. The van der Waals surface area contributed by atoms with Crippen molar-refractivity contribution in [2.75, 3.05) is 6.61 Å². The molecule has 24 heavy (non-hydrogen) atoms. The zero-order valence-electron chi connectivity index (χ0n) is 13.6. The quantitative estimate of drug-likeness (QED) is 0.808. The highest BCUT2D eigenvalue weighted by atomic mass is 19.3. The molecule has 0 spiro atoms. The molecule has 1 amide bonds. The fraction of sp³-hybridized carbons (Fsp3) is 0.588. The van der Waals surface area contributed by atoms with Crippen LogP contribution in [0.2, 0.25) is 0 Å². The first-order valence-electron chi connectivity index (χ1n) is 8.16. The Bertz CT molecular complexity index is 566. The first-order chi connectivity index (χ1) is 11.4. The maximum absolute atomic E-state index is 13.5. The third kappa shape index (κ3) is 5.25. The van der Waals surface area contributed by atoms with Crippen LogP contribution in [0.15, 0.2) is 24.4 Å². The number of amides is 1. The Hall–Kier alpha value is -2.05. The molecule has 2 rings (SSSR count). The van der Waals surface area contributed by atoms with Crippen LogP contribution in [0.3, 0.4) is 0 Å². The van der Waals surface area contributed by atoms with Crippen LogP contribution in [0.5, 0.6) is 0 Å². The lowest BCUT2D eigenvalue weighted by Gasteiger charge is -2.29. The molecule has 1 aromatic heterocycles. The summed E-state index contributed by atoms with van der Waals surface area (Å²) in [5.41, 5.74) is 0.616. The van der Waals surface area contributed by atoms with Gasteiger partial charge in [-0.15, -0.1) is 0 Å². The van der Waals surface area contributed by atoms with Gasteiger partial charge in [0.05, 0.1) is 6.61 Å². The van der Waals surface area contributed by atoms with Gasteiger partial charge in [-0.05, 0) is 31.9 Å². The van der Waals surface area contributed by atoms with E-state index in [4.69, 9.17) is 4.74 Å². The van der Waals surface area contributed by atoms with E-state index in [1.807, 2.05) is 0 Å². The molecular formula is C17H22F2N2O3. The number of ether oxygens (including phenoxy) is 1. The van der Waals surface area contributed by atoms with Crippen molar-refractivity contribution in [3.8, 4) is 0 Å². The lowest BCUT2D eigenvalue weighted by Crippen LogP contribution is -2.47. The maximum atomic E-state index is 13.5. The predicted molar refractivity (Wildman–Crippen MR) is 83.4 cm³/mol. The van der Waals surface area contributed by atoms with Crippen molar-refractivity contribution in [3.63, 3.8) is 0 Å². The number of aromatic nitrogens is 1. The minimum absolute atomic E-state index is 0.161. The number of halogens is 2. The lowest BCUT2D eigenvalue weighted by molar-refractivity contribution is -0.148. The van der Waals surface area contributed by atoms with Gasteiger partial charge in [0.1, 0.15) is 6.04 Å². The van der Waals surface area contributed by atoms with Crippen LogP contribution in [0, 0.1) is 5.92 Å². The van der Waals surface area contributed by atoms with E-state index < -0.39 is 36.2 Å². The Morgan fingerprint density at radius 2 is 2.25 bits per heavy atom. The van der Waals surface area contributed by atoms with Crippen LogP contribution in [0.1, 0.15) is 38.3 Å². The van der Waals surface area contributed by atoms with E-state index in [2.05, 4.69) is 10.3 Å². The highest BCUT2D eigenvalue weighted by Crippen LogP contribution is 2.36. The van der Waals surface area contributed by atoms with Crippen molar-refractivity contribution in [3.05, 3.63) is 30.1 Å². The Morgan fingerprint density at radius 3 is 2.88 bits per heavy atom. The van der Waals surface area contributed by atoms with Gasteiger partial charge in [-0.2, -0.15) is 0 Å². The molecule has 1 aliphatic carbocycles. The van der Waals surface area contributed by atoms with E-state index in [0.717, 1.165) is 0 Å². The van der Waals surface area contributed by atoms with Gasteiger partial charge in [0.15, 0.2) is 0 Å². The standard InChI is InChI=1S/C17H22F2N2O3/c1-2-24-16(23)14(10-13-7-3-4-9-20-13)21-15(22)12-6-5-8-17(18,19)11-12/h3-4,7,9,12,14H,2,5-6,8,10-11H2,1H3,(H,21,22)/t12-,14+/m1/s1. The van der Waals surface area contributed by atoms with Crippen molar-refractivity contribution in [2.24, 2.45) is 5.92 Å². The summed E-state index contributed by atoms with van der Waals surface area (Å²) in [6.07, 6.45) is 1.79. The SMILES string of the molecule is CCOC(=O)[C@H](Cc1ccccn1)NC(=O)[C@@H]1CCCC(F)(F)C1. The van der Waals surface area contributed by atoms with Gasteiger partial charge in [-0.25, -0.2) is 13.6 Å². The van der Waals surface area contributed by atoms with E-state index in [1.165, 1.54) is 0 Å². The molecule has 1 saturated carbocycles. The Balaban J connectivity index is 2.04. The second-order valence-electron chi connectivity index (χ2n) is 5.99. The largest absolute Gasteiger partial charge is 0.464 e. The van der Waals surface area contributed by atoms with Crippen LogP contribution in [-0.4, -0.2) is 35.4 Å². The van der Waals surface area contributed by atoms with E-state index in [-0.39, 0.29) is 19.4 Å². The van der Waals surface area contributed by atoms with Crippen LogP contribution >= 0.6 is 0 Å². The average Bonchev–Trinajstić information content (AvgIpc) is 2.54. The number of pyridine rings is 1. The normalized spacial score (nSPS) is 20.9. The molecular weight excluding hydrogens is 318 g/mol. The molecule has 0 aromatic carbocycles. The molecule has 2 atom stereocenters. The monoisotopic (exact) mass is 340 g/mol. The Kier molecular flexibility index (Phi) is 6.23. The summed E-state index contributed by atoms with van der Waals surface area (Å²) in [5, 5.41) is 2.57.